The van der Waals surface area contributed by atoms with Crippen molar-refractivity contribution in [3.8, 4) is 5.75 Å². The predicted octanol–water partition coefficient (Wildman–Crippen LogP) is 1.76. The number of ether oxygens (including phenoxy) is 1. The predicted molar refractivity (Wildman–Crippen MR) is 75.2 cm³/mol. The van der Waals surface area contributed by atoms with E-state index < -0.39 is 0 Å². The highest BCUT2D eigenvalue weighted by Gasteiger charge is 2.19. The molecule has 0 radical (unpaired) electrons. The summed E-state index contributed by atoms with van der Waals surface area (Å²) in [6.07, 6.45) is 0.365. The molecule has 0 spiro atoms. The van der Waals surface area contributed by atoms with Gasteiger partial charge in [0, 0.05) is 26.2 Å². The van der Waals surface area contributed by atoms with Crippen molar-refractivity contribution in [2.45, 2.75) is 13.3 Å². The summed E-state index contributed by atoms with van der Waals surface area (Å²) in [5.74, 6) is 0.431. The van der Waals surface area contributed by atoms with E-state index in [1.165, 1.54) is 12.1 Å². The van der Waals surface area contributed by atoms with E-state index >= 15 is 0 Å². The highest BCUT2D eigenvalue weighted by molar-refractivity contribution is 5.76. The summed E-state index contributed by atoms with van der Waals surface area (Å²) >= 11 is 0. The maximum atomic E-state index is 12.7. The Bertz CT molecular complexity index is 428. The molecule has 1 aliphatic rings. The van der Waals surface area contributed by atoms with Gasteiger partial charge in [-0.2, -0.15) is 0 Å². The number of carbonyl (C=O) groups is 1. The number of hydrogen-bond donors (Lipinski definition) is 0. The molecule has 1 aromatic carbocycles. The number of rotatable bonds is 5. The number of amides is 1. The van der Waals surface area contributed by atoms with Crippen LogP contribution in [-0.4, -0.2) is 55.0 Å². The molecular formula is C15H21FN2O2. The molecule has 0 saturated carbocycles. The first-order valence-corrected chi connectivity index (χ1v) is 7.07. The standard InChI is InChI=1S/C15H21FN2O2/c1-2-17-8-10-18(11-9-17)15(19)7-12-20-14-5-3-13(16)4-6-14/h3-6H,2,7-12H2,1H3. The second kappa shape index (κ2) is 7.24. The zero-order valence-corrected chi connectivity index (χ0v) is 11.8. The Kier molecular flexibility index (Phi) is 5.35. The summed E-state index contributed by atoms with van der Waals surface area (Å²) in [5.41, 5.74) is 0. The number of hydrogen-bond acceptors (Lipinski definition) is 3. The summed E-state index contributed by atoms with van der Waals surface area (Å²) in [5, 5.41) is 0. The molecule has 0 atom stereocenters. The molecule has 110 valence electrons. The lowest BCUT2D eigenvalue weighted by Crippen LogP contribution is -2.48. The van der Waals surface area contributed by atoms with Gasteiger partial charge in [0.15, 0.2) is 0 Å². The molecule has 0 unspecified atom stereocenters. The molecule has 0 aliphatic carbocycles. The van der Waals surface area contributed by atoms with E-state index in [2.05, 4.69) is 11.8 Å². The van der Waals surface area contributed by atoms with E-state index in [0.717, 1.165) is 32.7 Å². The third-order valence-corrected chi connectivity index (χ3v) is 3.57. The lowest BCUT2D eigenvalue weighted by molar-refractivity contribution is -0.133. The van der Waals surface area contributed by atoms with Crippen molar-refractivity contribution in [1.29, 1.82) is 0 Å². The van der Waals surface area contributed by atoms with E-state index in [-0.39, 0.29) is 11.7 Å². The molecule has 1 aliphatic heterocycles. The van der Waals surface area contributed by atoms with Crippen molar-refractivity contribution in [2.24, 2.45) is 0 Å². The van der Waals surface area contributed by atoms with Crippen LogP contribution in [0.1, 0.15) is 13.3 Å². The Balaban J connectivity index is 1.69. The second-order valence-corrected chi connectivity index (χ2v) is 4.87. The molecule has 2 rings (SSSR count). The minimum Gasteiger partial charge on any atom is -0.493 e. The Labute approximate surface area is 119 Å². The molecule has 5 heteroatoms. The maximum absolute atomic E-state index is 12.7. The van der Waals surface area contributed by atoms with E-state index in [4.69, 9.17) is 4.74 Å². The van der Waals surface area contributed by atoms with Crippen LogP contribution in [0.25, 0.3) is 0 Å². The molecule has 20 heavy (non-hydrogen) atoms. The van der Waals surface area contributed by atoms with Crippen molar-refractivity contribution in [3.63, 3.8) is 0 Å². The Morgan fingerprint density at radius 3 is 2.45 bits per heavy atom. The number of benzene rings is 1. The average Bonchev–Trinajstić information content (AvgIpc) is 2.49. The summed E-state index contributed by atoms with van der Waals surface area (Å²) in [7, 11) is 0. The van der Waals surface area contributed by atoms with Gasteiger partial charge in [-0.25, -0.2) is 4.39 Å². The van der Waals surface area contributed by atoms with Gasteiger partial charge in [-0.3, -0.25) is 4.79 Å². The molecule has 1 heterocycles. The molecule has 1 aromatic rings. The fraction of sp³-hybridized carbons (Fsp3) is 0.533. The SMILES string of the molecule is CCN1CCN(C(=O)CCOc2ccc(F)cc2)CC1. The zero-order chi connectivity index (χ0) is 14.4. The Morgan fingerprint density at radius 1 is 1.20 bits per heavy atom. The van der Waals surface area contributed by atoms with Gasteiger partial charge in [-0.1, -0.05) is 6.92 Å². The topological polar surface area (TPSA) is 32.8 Å². The first kappa shape index (κ1) is 14.8. The van der Waals surface area contributed by atoms with E-state index in [1.807, 2.05) is 4.90 Å². The van der Waals surface area contributed by atoms with Gasteiger partial charge < -0.3 is 14.5 Å². The minimum absolute atomic E-state index is 0.128. The number of nitrogens with zero attached hydrogens (tertiary/aromatic N) is 2. The lowest BCUT2D eigenvalue weighted by atomic mass is 10.3. The number of carbonyl (C=O) groups excluding carboxylic acids is 1. The van der Waals surface area contributed by atoms with E-state index in [0.29, 0.717) is 18.8 Å². The molecule has 0 bridgehead atoms. The molecule has 4 nitrogen and oxygen atoms in total. The van der Waals surface area contributed by atoms with Crippen molar-refractivity contribution >= 4 is 5.91 Å². The quantitative estimate of drug-likeness (QED) is 0.824. The lowest BCUT2D eigenvalue weighted by Gasteiger charge is -2.34. The largest absolute Gasteiger partial charge is 0.493 e. The molecular weight excluding hydrogens is 259 g/mol. The van der Waals surface area contributed by atoms with Crippen molar-refractivity contribution in [2.75, 3.05) is 39.3 Å². The van der Waals surface area contributed by atoms with E-state index in [9.17, 15) is 9.18 Å². The molecule has 1 saturated heterocycles. The summed E-state index contributed by atoms with van der Waals surface area (Å²) in [6.45, 7) is 6.98. The van der Waals surface area contributed by atoms with Gasteiger partial charge in [0.25, 0.3) is 0 Å². The van der Waals surface area contributed by atoms with Gasteiger partial charge in [0.1, 0.15) is 11.6 Å². The molecule has 0 N–H and O–H groups in total. The third-order valence-electron chi connectivity index (χ3n) is 3.57. The van der Waals surface area contributed by atoms with Gasteiger partial charge in [-0.05, 0) is 30.8 Å². The van der Waals surface area contributed by atoms with Gasteiger partial charge in [0.2, 0.25) is 5.91 Å². The van der Waals surface area contributed by atoms with Crippen LogP contribution in [0.4, 0.5) is 4.39 Å². The first-order valence-electron chi connectivity index (χ1n) is 7.07. The third kappa shape index (κ3) is 4.20. The normalized spacial score (nSPS) is 16.2. The first-order chi connectivity index (χ1) is 9.69. The van der Waals surface area contributed by atoms with Crippen LogP contribution >= 0.6 is 0 Å². The van der Waals surface area contributed by atoms with Crippen LogP contribution in [0.2, 0.25) is 0 Å². The van der Waals surface area contributed by atoms with Crippen LogP contribution in [0.3, 0.4) is 0 Å². The fourth-order valence-electron chi connectivity index (χ4n) is 2.26. The Morgan fingerprint density at radius 2 is 1.85 bits per heavy atom. The highest BCUT2D eigenvalue weighted by Crippen LogP contribution is 2.11. The maximum Gasteiger partial charge on any atom is 0.226 e. The van der Waals surface area contributed by atoms with E-state index in [1.54, 1.807) is 12.1 Å². The van der Waals surface area contributed by atoms with Gasteiger partial charge in [-0.15, -0.1) is 0 Å². The van der Waals surface area contributed by atoms with Crippen LogP contribution in [0.5, 0.6) is 5.75 Å². The fourth-order valence-corrected chi connectivity index (χ4v) is 2.26. The monoisotopic (exact) mass is 280 g/mol. The average molecular weight is 280 g/mol. The van der Waals surface area contributed by atoms with Crippen LogP contribution in [0.15, 0.2) is 24.3 Å². The van der Waals surface area contributed by atoms with Crippen molar-refractivity contribution < 1.29 is 13.9 Å². The van der Waals surface area contributed by atoms with Crippen LogP contribution in [0, 0.1) is 5.82 Å². The van der Waals surface area contributed by atoms with Crippen LogP contribution in [-0.2, 0) is 4.79 Å². The van der Waals surface area contributed by atoms with Crippen molar-refractivity contribution in [1.82, 2.24) is 9.80 Å². The highest BCUT2D eigenvalue weighted by atomic mass is 19.1. The molecule has 1 amide bonds. The van der Waals surface area contributed by atoms with Gasteiger partial charge >= 0.3 is 0 Å². The molecule has 0 aromatic heterocycles. The number of piperazine rings is 1. The smallest absolute Gasteiger partial charge is 0.226 e. The second-order valence-electron chi connectivity index (χ2n) is 4.87. The zero-order valence-electron chi connectivity index (χ0n) is 11.8. The van der Waals surface area contributed by atoms with Gasteiger partial charge in [0.05, 0.1) is 13.0 Å². The Hall–Kier alpha value is -1.62. The summed E-state index contributed by atoms with van der Waals surface area (Å²) in [6, 6.07) is 5.84. The number of halogens is 1. The van der Waals surface area contributed by atoms with Crippen LogP contribution < -0.4 is 4.74 Å². The van der Waals surface area contributed by atoms with Crippen molar-refractivity contribution in [3.05, 3.63) is 30.1 Å². The minimum atomic E-state index is -0.290. The molecule has 1 fully saturated rings. The number of likely N-dealkylation sites (N-methyl/N-ethyl adjacent to an activating group) is 1. The summed E-state index contributed by atoms with van der Waals surface area (Å²) < 4.78 is 18.2. The summed E-state index contributed by atoms with van der Waals surface area (Å²) in [4.78, 5) is 16.2.